The first kappa shape index (κ1) is 14.7. The van der Waals surface area contributed by atoms with E-state index in [9.17, 15) is 8.42 Å². The lowest BCUT2D eigenvalue weighted by atomic mass is 10.2. The largest absolute Gasteiger partial charge is 0.397 e. The highest BCUT2D eigenvalue weighted by Gasteiger charge is 2.18. The molecule has 8 heteroatoms. The van der Waals surface area contributed by atoms with E-state index in [4.69, 9.17) is 17.3 Å². The summed E-state index contributed by atoms with van der Waals surface area (Å²) in [5.74, 6) is 0.383. The first-order valence-electron chi connectivity index (χ1n) is 5.80. The lowest BCUT2D eigenvalue weighted by Gasteiger charge is -2.10. The van der Waals surface area contributed by atoms with E-state index in [1.165, 1.54) is 16.8 Å². The summed E-state index contributed by atoms with van der Waals surface area (Å²) in [5, 5.41) is 4.44. The Morgan fingerprint density at radius 3 is 2.45 bits per heavy atom. The van der Waals surface area contributed by atoms with Gasteiger partial charge in [-0.05, 0) is 31.5 Å². The maximum atomic E-state index is 12.3. The number of nitrogens with zero attached hydrogens (tertiary/aromatic N) is 2. The van der Waals surface area contributed by atoms with Gasteiger partial charge in [-0.1, -0.05) is 11.6 Å². The van der Waals surface area contributed by atoms with Crippen molar-refractivity contribution in [3.8, 4) is 0 Å². The van der Waals surface area contributed by atoms with Gasteiger partial charge >= 0.3 is 0 Å². The fraction of sp³-hybridized carbons (Fsp3) is 0.250. The highest BCUT2D eigenvalue weighted by Crippen LogP contribution is 2.27. The zero-order valence-electron chi connectivity index (χ0n) is 11.3. The second-order valence-electron chi connectivity index (χ2n) is 4.54. The Balaban J connectivity index is 2.43. The summed E-state index contributed by atoms with van der Waals surface area (Å²) < 4.78 is 28.6. The third-order valence-electron chi connectivity index (χ3n) is 2.81. The van der Waals surface area contributed by atoms with Gasteiger partial charge < -0.3 is 5.73 Å². The molecule has 0 unspecified atom stereocenters. The molecule has 0 aliphatic heterocycles. The van der Waals surface area contributed by atoms with E-state index >= 15 is 0 Å². The maximum Gasteiger partial charge on any atom is 0.263 e. The molecule has 3 N–H and O–H groups in total. The van der Waals surface area contributed by atoms with E-state index in [0.717, 1.165) is 5.69 Å². The van der Waals surface area contributed by atoms with Gasteiger partial charge in [-0.2, -0.15) is 5.10 Å². The summed E-state index contributed by atoms with van der Waals surface area (Å²) >= 11 is 5.93. The second-order valence-corrected chi connectivity index (χ2v) is 6.60. The van der Waals surface area contributed by atoms with Crippen molar-refractivity contribution in [1.82, 2.24) is 9.78 Å². The van der Waals surface area contributed by atoms with Gasteiger partial charge in [0, 0.05) is 13.1 Å². The van der Waals surface area contributed by atoms with Gasteiger partial charge in [0.15, 0.2) is 0 Å². The minimum Gasteiger partial charge on any atom is -0.397 e. The second kappa shape index (κ2) is 4.99. The number of nitrogens with one attached hydrogen (secondary N) is 1. The molecule has 0 bridgehead atoms. The summed E-state index contributed by atoms with van der Waals surface area (Å²) in [7, 11) is -2.07. The highest BCUT2D eigenvalue weighted by molar-refractivity contribution is 7.92. The van der Waals surface area contributed by atoms with E-state index in [1.807, 2.05) is 0 Å². The molecule has 2 rings (SSSR count). The smallest absolute Gasteiger partial charge is 0.263 e. The number of hydrogen-bond acceptors (Lipinski definition) is 4. The molecular formula is C12H15ClN4O2S. The first-order valence-corrected chi connectivity index (χ1v) is 7.66. The molecule has 1 heterocycles. The van der Waals surface area contributed by atoms with Crippen LogP contribution >= 0.6 is 11.6 Å². The van der Waals surface area contributed by atoms with Gasteiger partial charge in [-0.25, -0.2) is 8.42 Å². The number of aryl methyl sites for hydroxylation is 3. The summed E-state index contributed by atoms with van der Waals surface area (Å²) in [5.41, 5.74) is 7.26. The van der Waals surface area contributed by atoms with Gasteiger partial charge in [0.05, 0.1) is 21.3 Å². The van der Waals surface area contributed by atoms with Crippen LogP contribution < -0.4 is 10.5 Å². The van der Waals surface area contributed by atoms with Crippen molar-refractivity contribution in [1.29, 1.82) is 0 Å². The molecule has 1 aromatic heterocycles. The van der Waals surface area contributed by atoms with Crippen molar-refractivity contribution >= 4 is 33.1 Å². The van der Waals surface area contributed by atoms with Crippen LogP contribution in [-0.4, -0.2) is 18.2 Å². The minimum atomic E-state index is -3.73. The number of nitrogens with two attached hydrogens (primary N) is 1. The Hall–Kier alpha value is -1.73. The van der Waals surface area contributed by atoms with Crippen LogP contribution in [0.4, 0.5) is 11.5 Å². The van der Waals surface area contributed by atoms with Crippen LogP contribution in [0.5, 0.6) is 0 Å². The third kappa shape index (κ3) is 2.73. The van der Waals surface area contributed by atoms with E-state index in [0.29, 0.717) is 16.4 Å². The van der Waals surface area contributed by atoms with E-state index < -0.39 is 10.0 Å². The molecule has 0 saturated carbocycles. The predicted octanol–water partition coefficient (Wildman–Crippen LogP) is 2.07. The lowest BCUT2D eigenvalue weighted by Crippen LogP contribution is -2.16. The van der Waals surface area contributed by atoms with Gasteiger partial charge in [0.1, 0.15) is 5.82 Å². The van der Waals surface area contributed by atoms with Gasteiger partial charge in [-0.15, -0.1) is 0 Å². The Morgan fingerprint density at radius 2 is 1.95 bits per heavy atom. The molecule has 108 valence electrons. The molecule has 1 aromatic carbocycles. The fourth-order valence-corrected chi connectivity index (χ4v) is 3.13. The number of nitrogen functional groups attached to an aromatic ring is 1. The standard InChI is InChI=1S/C12H15ClN4O2S/c1-7-4-9(6-10(14)12(7)13)20(18,19)16-11-5-8(2)15-17(11)3/h4-6,16H,14H2,1-3H3. The molecule has 0 aliphatic rings. The number of halogens is 1. The average molecular weight is 315 g/mol. The van der Waals surface area contributed by atoms with Crippen molar-refractivity contribution in [2.24, 2.45) is 7.05 Å². The molecule has 20 heavy (non-hydrogen) atoms. The average Bonchev–Trinajstić information content (AvgIpc) is 2.63. The van der Waals surface area contributed by atoms with Crippen LogP contribution in [0, 0.1) is 13.8 Å². The topological polar surface area (TPSA) is 90.0 Å². The van der Waals surface area contributed by atoms with Crippen molar-refractivity contribution in [3.05, 3.63) is 34.5 Å². The molecule has 0 spiro atoms. The number of anilines is 2. The quantitative estimate of drug-likeness (QED) is 0.849. The van der Waals surface area contributed by atoms with Crippen LogP contribution in [0.25, 0.3) is 0 Å². The molecule has 6 nitrogen and oxygen atoms in total. The van der Waals surface area contributed by atoms with Gasteiger partial charge in [0.25, 0.3) is 10.0 Å². The molecule has 0 amide bonds. The Morgan fingerprint density at radius 1 is 1.30 bits per heavy atom. The number of benzene rings is 1. The van der Waals surface area contributed by atoms with Crippen LogP contribution in [0.3, 0.4) is 0 Å². The summed E-state index contributed by atoms with van der Waals surface area (Å²) in [4.78, 5) is 0.0655. The molecule has 0 aliphatic carbocycles. The summed E-state index contributed by atoms with van der Waals surface area (Å²) in [6.07, 6.45) is 0. The lowest BCUT2D eigenvalue weighted by molar-refractivity contribution is 0.600. The zero-order chi connectivity index (χ0) is 15.1. The first-order chi connectivity index (χ1) is 9.20. The van der Waals surface area contributed by atoms with Crippen LogP contribution in [-0.2, 0) is 17.1 Å². The predicted molar refractivity (Wildman–Crippen MR) is 79.4 cm³/mol. The molecule has 0 saturated heterocycles. The Bertz CT molecular complexity index is 745. The minimum absolute atomic E-state index is 0.0655. The zero-order valence-corrected chi connectivity index (χ0v) is 12.9. The van der Waals surface area contributed by atoms with Gasteiger partial charge in [0.2, 0.25) is 0 Å². The van der Waals surface area contributed by atoms with Crippen LogP contribution in [0.2, 0.25) is 5.02 Å². The number of rotatable bonds is 3. The van der Waals surface area contributed by atoms with Crippen molar-refractivity contribution in [2.75, 3.05) is 10.5 Å². The van der Waals surface area contributed by atoms with Gasteiger partial charge in [-0.3, -0.25) is 9.40 Å². The Kier molecular flexibility index (Phi) is 3.66. The fourth-order valence-electron chi connectivity index (χ4n) is 1.82. The number of hydrogen-bond donors (Lipinski definition) is 2. The number of sulfonamides is 1. The van der Waals surface area contributed by atoms with E-state index in [1.54, 1.807) is 27.0 Å². The molecule has 0 fully saturated rings. The van der Waals surface area contributed by atoms with Crippen molar-refractivity contribution < 1.29 is 8.42 Å². The third-order valence-corrected chi connectivity index (χ3v) is 4.66. The molecule has 0 radical (unpaired) electrons. The van der Waals surface area contributed by atoms with Crippen molar-refractivity contribution in [3.63, 3.8) is 0 Å². The van der Waals surface area contributed by atoms with E-state index in [2.05, 4.69) is 9.82 Å². The SMILES string of the molecule is Cc1cc(NS(=O)(=O)c2cc(C)c(Cl)c(N)c2)n(C)n1. The molecule has 0 atom stereocenters. The van der Waals surface area contributed by atoms with Crippen molar-refractivity contribution in [2.45, 2.75) is 18.7 Å². The Labute approximate surface area is 122 Å². The van der Waals surface area contributed by atoms with E-state index in [-0.39, 0.29) is 10.6 Å². The monoisotopic (exact) mass is 314 g/mol. The summed E-state index contributed by atoms with van der Waals surface area (Å²) in [6.45, 7) is 3.48. The normalized spacial score (nSPS) is 11.6. The summed E-state index contributed by atoms with van der Waals surface area (Å²) in [6, 6.07) is 4.45. The van der Waals surface area contributed by atoms with Crippen LogP contribution in [0.1, 0.15) is 11.3 Å². The van der Waals surface area contributed by atoms with Crippen LogP contribution in [0.15, 0.2) is 23.1 Å². The number of aromatic nitrogens is 2. The molecule has 2 aromatic rings. The molecular weight excluding hydrogens is 300 g/mol. The maximum absolute atomic E-state index is 12.3. The highest BCUT2D eigenvalue weighted by atomic mass is 35.5.